The average molecular weight is 576 g/mol. The fourth-order valence-corrected chi connectivity index (χ4v) is 4.35. The number of hydrogen-bond acceptors (Lipinski definition) is 3. The van der Waals surface area contributed by atoms with Crippen LogP contribution in [-0.4, -0.2) is 35.4 Å². The summed E-state index contributed by atoms with van der Waals surface area (Å²) < 4.78 is 21.1. The van der Waals surface area contributed by atoms with Crippen molar-refractivity contribution in [1.29, 1.82) is 0 Å². The first kappa shape index (κ1) is 27.7. The van der Waals surface area contributed by atoms with E-state index in [0.29, 0.717) is 16.3 Å². The maximum absolute atomic E-state index is 14.6. The van der Waals surface area contributed by atoms with Crippen LogP contribution in [0.5, 0.6) is 5.75 Å². The smallest absolute Gasteiger partial charge is 0.261 e. The molecule has 190 valence electrons. The second-order valence-corrected chi connectivity index (χ2v) is 9.82. The zero-order valence-electron chi connectivity index (χ0n) is 20.2. The molecule has 0 radical (unpaired) electrons. The Bertz CT molecular complexity index is 1180. The van der Waals surface area contributed by atoms with E-state index in [2.05, 4.69) is 21.2 Å². The van der Waals surface area contributed by atoms with E-state index in [-0.39, 0.29) is 31.5 Å². The Morgan fingerprint density at radius 3 is 2.44 bits per heavy atom. The summed E-state index contributed by atoms with van der Waals surface area (Å²) in [6.07, 6.45) is 0.999. The molecule has 0 aliphatic heterocycles. The third-order valence-electron chi connectivity index (χ3n) is 5.82. The average Bonchev–Trinajstić information content (AvgIpc) is 2.87. The summed E-state index contributed by atoms with van der Waals surface area (Å²) in [5.74, 6) is -0.882. The molecule has 0 aromatic heterocycles. The van der Waals surface area contributed by atoms with Crippen LogP contribution in [0, 0.1) is 5.82 Å². The molecular weight excluding hydrogens is 547 g/mol. The highest BCUT2D eigenvalue weighted by molar-refractivity contribution is 9.10. The van der Waals surface area contributed by atoms with Crippen LogP contribution in [0.25, 0.3) is 0 Å². The SMILES string of the molecule is CC[C@H](C)NC(=O)[C@@H](Cc1ccccc1)N(Cc1ccccc1F)C(=O)COc1ccc(Br)cc1Cl. The van der Waals surface area contributed by atoms with Crippen LogP contribution in [0.1, 0.15) is 31.4 Å². The van der Waals surface area contributed by atoms with E-state index >= 15 is 0 Å². The maximum atomic E-state index is 14.6. The summed E-state index contributed by atoms with van der Waals surface area (Å²) in [4.78, 5) is 28.4. The monoisotopic (exact) mass is 574 g/mol. The third kappa shape index (κ3) is 7.80. The van der Waals surface area contributed by atoms with Crippen LogP contribution in [-0.2, 0) is 22.6 Å². The van der Waals surface area contributed by atoms with Crippen molar-refractivity contribution < 1.29 is 18.7 Å². The van der Waals surface area contributed by atoms with E-state index in [1.807, 2.05) is 44.2 Å². The van der Waals surface area contributed by atoms with Gasteiger partial charge in [0.15, 0.2) is 6.61 Å². The zero-order valence-corrected chi connectivity index (χ0v) is 22.6. The lowest BCUT2D eigenvalue weighted by atomic mass is 10.0. The van der Waals surface area contributed by atoms with Crippen molar-refractivity contribution >= 4 is 39.3 Å². The van der Waals surface area contributed by atoms with Crippen molar-refractivity contribution in [1.82, 2.24) is 10.2 Å². The Morgan fingerprint density at radius 1 is 1.08 bits per heavy atom. The quantitative estimate of drug-likeness (QED) is 0.297. The van der Waals surface area contributed by atoms with Gasteiger partial charge in [0.2, 0.25) is 5.91 Å². The summed E-state index contributed by atoms with van der Waals surface area (Å²) in [6.45, 7) is 3.42. The Hall–Kier alpha value is -2.90. The van der Waals surface area contributed by atoms with Crippen molar-refractivity contribution in [2.75, 3.05) is 6.61 Å². The maximum Gasteiger partial charge on any atom is 0.261 e. The molecule has 0 saturated carbocycles. The van der Waals surface area contributed by atoms with Crippen LogP contribution in [0.2, 0.25) is 5.02 Å². The molecule has 3 aromatic rings. The normalized spacial score (nSPS) is 12.5. The molecule has 0 aliphatic carbocycles. The Balaban J connectivity index is 1.93. The van der Waals surface area contributed by atoms with Crippen LogP contribution in [0.4, 0.5) is 4.39 Å². The lowest BCUT2D eigenvalue weighted by Gasteiger charge is -2.32. The van der Waals surface area contributed by atoms with E-state index in [4.69, 9.17) is 16.3 Å². The Kier molecular flexibility index (Phi) is 10.3. The fraction of sp³-hybridized carbons (Fsp3) is 0.286. The number of amides is 2. The first-order chi connectivity index (χ1) is 17.3. The van der Waals surface area contributed by atoms with Gasteiger partial charge in [-0.05, 0) is 43.2 Å². The largest absolute Gasteiger partial charge is 0.482 e. The second kappa shape index (κ2) is 13.4. The number of halogens is 3. The summed E-state index contributed by atoms with van der Waals surface area (Å²) in [6, 6.07) is 19.8. The van der Waals surface area contributed by atoms with E-state index in [1.54, 1.807) is 36.4 Å². The minimum absolute atomic E-state index is 0.0843. The van der Waals surface area contributed by atoms with Gasteiger partial charge in [0.25, 0.3) is 5.91 Å². The van der Waals surface area contributed by atoms with Crippen molar-refractivity contribution in [3.63, 3.8) is 0 Å². The van der Waals surface area contributed by atoms with Gasteiger partial charge < -0.3 is 15.0 Å². The molecule has 0 heterocycles. The summed E-state index contributed by atoms with van der Waals surface area (Å²) in [5.41, 5.74) is 1.19. The van der Waals surface area contributed by atoms with Gasteiger partial charge in [-0.25, -0.2) is 4.39 Å². The second-order valence-electron chi connectivity index (χ2n) is 8.50. The molecule has 36 heavy (non-hydrogen) atoms. The van der Waals surface area contributed by atoms with Gasteiger partial charge in [0.1, 0.15) is 17.6 Å². The van der Waals surface area contributed by atoms with E-state index in [1.165, 1.54) is 11.0 Å². The van der Waals surface area contributed by atoms with E-state index < -0.39 is 17.8 Å². The van der Waals surface area contributed by atoms with Gasteiger partial charge >= 0.3 is 0 Å². The van der Waals surface area contributed by atoms with Crippen LogP contribution < -0.4 is 10.1 Å². The predicted molar refractivity (Wildman–Crippen MR) is 143 cm³/mol. The zero-order chi connectivity index (χ0) is 26.1. The molecule has 2 atom stereocenters. The Morgan fingerprint density at radius 2 is 1.78 bits per heavy atom. The van der Waals surface area contributed by atoms with E-state index in [9.17, 15) is 14.0 Å². The number of ether oxygens (including phenoxy) is 1. The van der Waals surface area contributed by atoms with Gasteiger partial charge in [0.05, 0.1) is 5.02 Å². The summed E-state index contributed by atoms with van der Waals surface area (Å²) >= 11 is 9.58. The van der Waals surface area contributed by atoms with Gasteiger partial charge in [-0.1, -0.05) is 83.0 Å². The highest BCUT2D eigenvalue weighted by atomic mass is 79.9. The molecule has 8 heteroatoms. The van der Waals surface area contributed by atoms with E-state index in [0.717, 1.165) is 16.5 Å². The van der Waals surface area contributed by atoms with Crippen molar-refractivity contribution in [3.8, 4) is 5.75 Å². The van der Waals surface area contributed by atoms with Crippen molar-refractivity contribution in [3.05, 3.63) is 99.2 Å². The topological polar surface area (TPSA) is 58.6 Å². The molecular formula is C28H29BrClFN2O3. The molecule has 0 fully saturated rings. The summed E-state index contributed by atoms with van der Waals surface area (Å²) in [5, 5.41) is 3.32. The molecule has 0 unspecified atom stereocenters. The minimum atomic E-state index is -0.877. The summed E-state index contributed by atoms with van der Waals surface area (Å²) in [7, 11) is 0. The first-order valence-corrected chi connectivity index (χ1v) is 12.9. The van der Waals surface area contributed by atoms with Crippen molar-refractivity contribution in [2.24, 2.45) is 0 Å². The van der Waals surface area contributed by atoms with Crippen LogP contribution in [0.3, 0.4) is 0 Å². The first-order valence-electron chi connectivity index (χ1n) is 11.7. The van der Waals surface area contributed by atoms with Crippen LogP contribution in [0.15, 0.2) is 77.3 Å². The molecule has 1 N–H and O–H groups in total. The molecule has 0 spiro atoms. The third-order valence-corrected chi connectivity index (χ3v) is 6.60. The number of nitrogens with one attached hydrogen (secondary N) is 1. The van der Waals surface area contributed by atoms with Gasteiger partial charge in [-0.3, -0.25) is 9.59 Å². The number of rotatable bonds is 11. The van der Waals surface area contributed by atoms with Gasteiger partial charge in [-0.15, -0.1) is 0 Å². The lowest BCUT2D eigenvalue weighted by Crippen LogP contribution is -2.53. The van der Waals surface area contributed by atoms with Crippen molar-refractivity contribution in [2.45, 2.75) is 45.3 Å². The number of benzene rings is 3. The fourth-order valence-electron chi connectivity index (χ4n) is 3.62. The molecule has 0 saturated heterocycles. The van der Waals surface area contributed by atoms with Crippen LogP contribution >= 0.6 is 27.5 Å². The number of carbonyl (C=O) groups excluding carboxylic acids is 2. The van der Waals surface area contributed by atoms with Gasteiger partial charge in [-0.2, -0.15) is 0 Å². The number of nitrogens with zero attached hydrogens (tertiary/aromatic N) is 1. The molecule has 3 aromatic carbocycles. The predicted octanol–water partition coefficient (Wildman–Crippen LogP) is 6.18. The Labute approximate surface area is 224 Å². The molecule has 2 amide bonds. The minimum Gasteiger partial charge on any atom is -0.482 e. The lowest BCUT2D eigenvalue weighted by molar-refractivity contribution is -0.143. The molecule has 0 aliphatic rings. The number of carbonyl (C=O) groups is 2. The highest BCUT2D eigenvalue weighted by Gasteiger charge is 2.31. The molecule has 5 nitrogen and oxygen atoms in total. The molecule has 0 bridgehead atoms. The highest BCUT2D eigenvalue weighted by Crippen LogP contribution is 2.28. The van der Waals surface area contributed by atoms with Gasteiger partial charge in [0, 0.05) is 29.0 Å². The molecule has 3 rings (SSSR count). The number of hydrogen-bond donors (Lipinski definition) is 1. The standard InChI is InChI=1S/C28H29BrClFN2O3/c1-3-19(2)32-28(35)25(15-20-9-5-4-6-10-20)33(17-21-11-7-8-12-24(21)31)27(34)18-36-26-14-13-22(29)16-23(26)30/h4-14,16,19,25H,3,15,17-18H2,1-2H3,(H,32,35)/t19-,25+/m0/s1.